The van der Waals surface area contributed by atoms with Crippen molar-refractivity contribution in [1.29, 1.82) is 0 Å². The van der Waals surface area contributed by atoms with Gasteiger partial charge in [-0.3, -0.25) is 5.10 Å². The second kappa shape index (κ2) is 7.31. The molecule has 0 aliphatic rings. The van der Waals surface area contributed by atoms with Crippen LogP contribution in [0.25, 0.3) is 11.3 Å². The van der Waals surface area contributed by atoms with Gasteiger partial charge in [0.2, 0.25) is 0 Å². The van der Waals surface area contributed by atoms with E-state index in [-0.39, 0.29) is 5.82 Å². The van der Waals surface area contributed by atoms with Gasteiger partial charge in [-0.15, -0.1) is 0 Å². The number of nitrogens with one attached hydrogen (secondary N) is 2. The van der Waals surface area contributed by atoms with Crippen molar-refractivity contribution in [3.8, 4) is 11.3 Å². The minimum atomic E-state index is -0.441. The highest BCUT2D eigenvalue weighted by molar-refractivity contribution is 5.63. The predicted octanol–water partition coefficient (Wildman–Crippen LogP) is 1.23. The number of halogens is 1. The molecule has 0 saturated carbocycles. The van der Waals surface area contributed by atoms with Crippen molar-refractivity contribution < 1.29 is 9.50 Å². The van der Waals surface area contributed by atoms with Gasteiger partial charge < -0.3 is 15.3 Å². The topological polar surface area (TPSA) is 64.2 Å². The molecule has 6 heteroatoms. The molecule has 2 rings (SSSR count). The number of rotatable bonds is 7. The van der Waals surface area contributed by atoms with Crippen molar-refractivity contribution in [3.05, 3.63) is 41.8 Å². The molecule has 0 bridgehead atoms. The van der Waals surface area contributed by atoms with Crippen molar-refractivity contribution in [3.63, 3.8) is 0 Å². The number of H-pyrrole nitrogens is 1. The summed E-state index contributed by atoms with van der Waals surface area (Å²) in [4.78, 5) is 1.93. The Hall–Kier alpha value is -1.76. The summed E-state index contributed by atoms with van der Waals surface area (Å²) in [5.41, 5.74) is 2.04. The van der Waals surface area contributed by atoms with Crippen LogP contribution in [-0.2, 0) is 6.54 Å². The van der Waals surface area contributed by atoms with Gasteiger partial charge >= 0.3 is 0 Å². The van der Waals surface area contributed by atoms with Crippen LogP contribution in [-0.4, -0.2) is 53.5 Å². The zero-order valence-corrected chi connectivity index (χ0v) is 12.3. The van der Waals surface area contributed by atoms with E-state index in [1.165, 1.54) is 6.07 Å². The number of benzene rings is 1. The molecule has 1 aromatic carbocycles. The quantitative estimate of drug-likeness (QED) is 0.718. The lowest BCUT2D eigenvalue weighted by molar-refractivity contribution is 0.134. The molecule has 1 heterocycles. The summed E-state index contributed by atoms with van der Waals surface area (Å²) in [6, 6.07) is 6.59. The van der Waals surface area contributed by atoms with Crippen molar-refractivity contribution in [2.45, 2.75) is 12.6 Å². The number of aromatic nitrogens is 2. The lowest BCUT2D eigenvalue weighted by atomic mass is 10.1. The second-order valence-electron chi connectivity index (χ2n) is 5.30. The first kappa shape index (κ1) is 15.6. The van der Waals surface area contributed by atoms with E-state index in [2.05, 4.69) is 15.5 Å². The van der Waals surface area contributed by atoms with Gasteiger partial charge in [0.15, 0.2) is 0 Å². The predicted molar refractivity (Wildman–Crippen MR) is 80.2 cm³/mol. The van der Waals surface area contributed by atoms with E-state index in [0.717, 1.165) is 5.56 Å². The molecule has 0 aliphatic heterocycles. The molecule has 1 aromatic heterocycles. The third kappa shape index (κ3) is 4.35. The van der Waals surface area contributed by atoms with Crippen molar-refractivity contribution in [1.82, 2.24) is 20.4 Å². The van der Waals surface area contributed by atoms with E-state index < -0.39 is 6.10 Å². The highest BCUT2D eigenvalue weighted by Crippen LogP contribution is 2.23. The maximum absolute atomic E-state index is 13.8. The fraction of sp³-hybridized carbons (Fsp3) is 0.400. The number of likely N-dealkylation sites (N-methyl/N-ethyl adjacent to an activating group) is 1. The summed E-state index contributed by atoms with van der Waals surface area (Å²) in [6.45, 7) is 1.59. The van der Waals surface area contributed by atoms with Gasteiger partial charge in [-0.1, -0.05) is 12.1 Å². The zero-order valence-electron chi connectivity index (χ0n) is 12.3. The first-order chi connectivity index (χ1) is 10.1. The first-order valence-corrected chi connectivity index (χ1v) is 6.88. The molecule has 1 atom stereocenters. The lowest BCUT2D eigenvalue weighted by Gasteiger charge is -2.16. The van der Waals surface area contributed by atoms with Crippen LogP contribution in [0.2, 0.25) is 0 Å². The molecule has 1 unspecified atom stereocenters. The minimum absolute atomic E-state index is 0.282. The summed E-state index contributed by atoms with van der Waals surface area (Å²) in [5.74, 6) is -0.282. The van der Waals surface area contributed by atoms with Crippen molar-refractivity contribution in [2.24, 2.45) is 0 Å². The Morgan fingerprint density at radius 1 is 1.38 bits per heavy atom. The van der Waals surface area contributed by atoms with Gasteiger partial charge in [-0.2, -0.15) is 5.10 Å². The minimum Gasteiger partial charge on any atom is -0.390 e. The van der Waals surface area contributed by atoms with Crippen molar-refractivity contribution >= 4 is 0 Å². The average molecular weight is 292 g/mol. The molecule has 21 heavy (non-hydrogen) atoms. The second-order valence-corrected chi connectivity index (χ2v) is 5.30. The molecule has 0 radical (unpaired) electrons. The molecular formula is C15H21FN4O. The molecule has 0 amide bonds. The maximum Gasteiger partial charge on any atom is 0.132 e. The monoisotopic (exact) mass is 292 g/mol. The molecule has 114 valence electrons. The van der Waals surface area contributed by atoms with E-state index in [0.29, 0.717) is 30.9 Å². The number of hydrogen-bond donors (Lipinski definition) is 3. The Morgan fingerprint density at radius 2 is 2.14 bits per heavy atom. The molecule has 0 fully saturated rings. The van der Waals surface area contributed by atoms with Gasteiger partial charge in [0.25, 0.3) is 0 Å². The summed E-state index contributed by atoms with van der Waals surface area (Å²) < 4.78 is 13.8. The number of hydrogen-bond acceptors (Lipinski definition) is 4. The largest absolute Gasteiger partial charge is 0.390 e. The third-order valence-electron chi connectivity index (χ3n) is 3.13. The van der Waals surface area contributed by atoms with Crippen LogP contribution in [0.5, 0.6) is 0 Å². The Kier molecular flexibility index (Phi) is 5.44. The average Bonchev–Trinajstić information content (AvgIpc) is 2.86. The number of nitrogens with zero attached hydrogens (tertiary/aromatic N) is 2. The molecule has 2 aromatic rings. The summed E-state index contributed by atoms with van der Waals surface area (Å²) in [6.07, 6.45) is 1.23. The summed E-state index contributed by atoms with van der Waals surface area (Å²) >= 11 is 0. The molecule has 0 aliphatic carbocycles. The molecule has 0 saturated heterocycles. The van der Waals surface area contributed by atoms with Gasteiger partial charge in [0.05, 0.1) is 18.0 Å². The van der Waals surface area contributed by atoms with Crippen LogP contribution in [0.4, 0.5) is 4.39 Å². The fourth-order valence-corrected chi connectivity index (χ4v) is 2.20. The SMILES string of the molecule is CN(C)CC(O)CNCc1cn[nH]c1-c1ccccc1F. The van der Waals surface area contributed by atoms with Crippen LogP contribution >= 0.6 is 0 Å². The van der Waals surface area contributed by atoms with E-state index in [9.17, 15) is 9.50 Å². The Morgan fingerprint density at radius 3 is 2.86 bits per heavy atom. The van der Waals surface area contributed by atoms with E-state index >= 15 is 0 Å². The Labute approximate surface area is 123 Å². The van der Waals surface area contributed by atoms with E-state index in [4.69, 9.17) is 0 Å². The van der Waals surface area contributed by atoms with Crippen LogP contribution < -0.4 is 5.32 Å². The number of aromatic amines is 1. The summed E-state index contributed by atoms with van der Waals surface area (Å²) in [5, 5.41) is 19.8. The maximum atomic E-state index is 13.8. The molecule has 5 nitrogen and oxygen atoms in total. The highest BCUT2D eigenvalue weighted by atomic mass is 19.1. The van der Waals surface area contributed by atoms with Gasteiger partial charge in [-0.25, -0.2) is 4.39 Å². The smallest absolute Gasteiger partial charge is 0.132 e. The van der Waals surface area contributed by atoms with Crippen LogP contribution in [0.3, 0.4) is 0 Å². The summed E-state index contributed by atoms with van der Waals surface area (Å²) in [7, 11) is 3.82. The number of aliphatic hydroxyl groups is 1. The zero-order chi connectivity index (χ0) is 15.2. The molecular weight excluding hydrogens is 271 g/mol. The number of aliphatic hydroxyl groups excluding tert-OH is 1. The van der Waals surface area contributed by atoms with Crippen LogP contribution in [0.15, 0.2) is 30.5 Å². The third-order valence-corrected chi connectivity index (χ3v) is 3.13. The Bertz CT molecular complexity index is 570. The Balaban J connectivity index is 1.97. The van der Waals surface area contributed by atoms with Gasteiger partial charge in [-0.05, 0) is 26.2 Å². The normalized spacial score (nSPS) is 12.8. The standard InChI is InChI=1S/C15H21FN4O/c1-20(2)10-12(21)9-17-7-11-8-18-19-15(11)13-5-3-4-6-14(13)16/h3-6,8,12,17,21H,7,9-10H2,1-2H3,(H,18,19). The van der Waals surface area contributed by atoms with Gasteiger partial charge in [0, 0.05) is 30.8 Å². The van der Waals surface area contributed by atoms with Crippen LogP contribution in [0, 0.1) is 5.82 Å². The van der Waals surface area contributed by atoms with E-state index in [1.54, 1.807) is 24.4 Å². The van der Waals surface area contributed by atoms with Crippen LogP contribution in [0.1, 0.15) is 5.56 Å². The van der Waals surface area contributed by atoms with E-state index in [1.807, 2.05) is 19.0 Å². The highest BCUT2D eigenvalue weighted by Gasteiger charge is 2.12. The fourth-order valence-electron chi connectivity index (χ4n) is 2.20. The first-order valence-electron chi connectivity index (χ1n) is 6.88. The lowest BCUT2D eigenvalue weighted by Crippen LogP contribution is -2.34. The van der Waals surface area contributed by atoms with Crippen molar-refractivity contribution in [2.75, 3.05) is 27.2 Å². The molecule has 3 N–H and O–H groups in total. The van der Waals surface area contributed by atoms with Gasteiger partial charge in [0.1, 0.15) is 5.82 Å². The molecule has 0 spiro atoms.